The Labute approximate surface area is 165 Å². The minimum atomic E-state index is -0.344. The zero-order valence-electron chi connectivity index (χ0n) is 13.6. The number of rotatable bonds is 4. The summed E-state index contributed by atoms with van der Waals surface area (Å²) < 4.78 is 16.3. The lowest BCUT2D eigenvalue weighted by Crippen LogP contribution is -2.39. The fourth-order valence-electron chi connectivity index (χ4n) is 2.98. The smallest absolute Gasteiger partial charge is 0.172 e. The van der Waals surface area contributed by atoms with E-state index in [0.29, 0.717) is 27.6 Å². The topological polar surface area (TPSA) is 41.9 Å². The van der Waals surface area contributed by atoms with Gasteiger partial charge in [-0.1, -0.05) is 36.9 Å². The number of thiocarbonyl (C=S) groups is 1. The van der Waals surface area contributed by atoms with Crippen LogP contribution in [0.15, 0.2) is 28.9 Å². The quantitative estimate of drug-likeness (QED) is 0.642. The van der Waals surface area contributed by atoms with Gasteiger partial charge in [0.25, 0.3) is 0 Å². The molecule has 25 heavy (non-hydrogen) atoms. The summed E-state index contributed by atoms with van der Waals surface area (Å²) in [6.45, 7) is 0.245. The Hall–Kier alpha value is -1.18. The highest BCUT2D eigenvalue weighted by molar-refractivity contribution is 9.10. The largest absolute Gasteiger partial charge is 0.360 e. The molecule has 0 spiro atoms. The third-order valence-electron chi connectivity index (χ3n) is 4.27. The van der Waals surface area contributed by atoms with Crippen LogP contribution in [0, 0.1) is 5.82 Å². The highest BCUT2D eigenvalue weighted by Gasteiger charge is 2.16. The van der Waals surface area contributed by atoms with Crippen LogP contribution < -0.4 is 10.6 Å². The summed E-state index contributed by atoms with van der Waals surface area (Å²) in [7, 11) is 0. The van der Waals surface area contributed by atoms with E-state index in [4.69, 9.17) is 23.8 Å². The van der Waals surface area contributed by atoms with Crippen LogP contribution in [-0.4, -0.2) is 20.9 Å². The molecule has 0 amide bonds. The lowest BCUT2D eigenvalue weighted by atomic mass is 9.96. The van der Waals surface area contributed by atoms with Gasteiger partial charge in [-0.3, -0.25) is 4.68 Å². The summed E-state index contributed by atoms with van der Waals surface area (Å²) >= 11 is 14.9. The Bertz CT molecular complexity index is 741. The van der Waals surface area contributed by atoms with E-state index in [9.17, 15) is 4.39 Å². The van der Waals surface area contributed by atoms with Crippen LogP contribution in [0.2, 0.25) is 5.02 Å². The first kappa shape index (κ1) is 18.6. The van der Waals surface area contributed by atoms with E-state index < -0.39 is 0 Å². The van der Waals surface area contributed by atoms with Gasteiger partial charge in [-0.2, -0.15) is 5.10 Å². The molecule has 0 aliphatic heterocycles. The Morgan fingerprint density at radius 1 is 1.36 bits per heavy atom. The Kier molecular flexibility index (Phi) is 6.30. The molecule has 0 radical (unpaired) electrons. The molecule has 0 atom stereocenters. The van der Waals surface area contributed by atoms with Gasteiger partial charge in [-0.05, 0) is 53.1 Å². The van der Waals surface area contributed by atoms with Crippen LogP contribution in [0.1, 0.15) is 37.7 Å². The first-order chi connectivity index (χ1) is 12.0. The maximum atomic E-state index is 13.9. The molecule has 1 fully saturated rings. The summed E-state index contributed by atoms with van der Waals surface area (Å²) in [6.07, 6.45) is 7.83. The Balaban J connectivity index is 1.64. The van der Waals surface area contributed by atoms with Crippen molar-refractivity contribution >= 4 is 50.7 Å². The highest BCUT2D eigenvalue weighted by atomic mass is 79.9. The molecule has 2 aromatic rings. The van der Waals surface area contributed by atoms with Crippen LogP contribution in [0.25, 0.3) is 0 Å². The highest BCUT2D eigenvalue weighted by Crippen LogP contribution is 2.24. The molecule has 1 aromatic carbocycles. The van der Waals surface area contributed by atoms with Crippen molar-refractivity contribution < 1.29 is 4.39 Å². The Morgan fingerprint density at radius 3 is 2.84 bits per heavy atom. The van der Waals surface area contributed by atoms with Crippen molar-refractivity contribution in [2.45, 2.75) is 44.7 Å². The summed E-state index contributed by atoms with van der Waals surface area (Å²) in [5, 5.41) is 11.8. The molecule has 4 nitrogen and oxygen atoms in total. The lowest BCUT2D eigenvalue weighted by Gasteiger charge is -2.24. The van der Waals surface area contributed by atoms with E-state index in [0.717, 1.165) is 17.3 Å². The molecular formula is C17H19BrClFN4S. The summed E-state index contributed by atoms with van der Waals surface area (Å²) in [5.74, 6) is 0.254. The van der Waals surface area contributed by atoms with E-state index in [1.54, 1.807) is 23.0 Å². The monoisotopic (exact) mass is 444 g/mol. The van der Waals surface area contributed by atoms with Gasteiger partial charge in [0.2, 0.25) is 0 Å². The zero-order chi connectivity index (χ0) is 17.8. The van der Waals surface area contributed by atoms with Gasteiger partial charge in [0.1, 0.15) is 5.82 Å². The third-order valence-corrected chi connectivity index (χ3v) is 5.43. The molecule has 1 aliphatic carbocycles. The minimum Gasteiger partial charge on any atom is -0.360 e. The van der Waals surface area contributed by atoms with Crippen LogP contribution in [0.4, 0.5) is 10.2 Å². The molecule has 0 saturated heterocycles. The fourth-order valence-corrected chi connectivity index (χ4v) is 3.88. The van der Waals surface area contributed by atoms with Crippen molar-refractivity contribution in [2.75, 3.05) is 5.32 Å². The fraction of sp³-hybridized carbons (Fsp3) is 0.412. The minimum absolute atomic E-state index is 0.245. The third kappa shape index (κ3) is 4.92. The second kappa shape index (κ2) is 8.47. The van der Waals surface area contributed by atoms with E-state index >= 15 is 0 Å². The Morgan fingerprint density at radius 2 is 2.12 bits per heavy atom. The first-order valence-electron chi connectivity index (χ1n) is 8.26. The van der Waals surface area contributed by atoms with Gasteiger partial charge in [-0.25, -0.2) is 4.39 Å². The average molecular weight is 446 g/mol. The van der Waals surface area contributed by atoms with Crippen molar-refractivity contribution in [3.8, 4) is 0 Å². The van der Waals surface area contributed by atoms with Gasteiger partial charge in [0.15, 0.2) is 10.9 Å². The SMILES string of the molecule is Fc1cccc(Cl)c1Cn1cc(Br)c(NC(=S)NC2CCCCC2)n1. The van der Waals surface area contributed by atoms with Crippen LogP contribution in [0.5, 0.6) is 0 Å². The molecule has 0 bridgehead atoms. The molecule has 0 unspecified atom stereocenters. The molecule has 134 valence electrons. The summed E-state index contributed by atoms with van der Waals surface area (Å²) in [5.41, 5.74) is 0.411. The van der Waals surface area contributed by atoms with Crippen molar-refractivity contribution in [1.29, 1.82) is 0 Å². The van der Waals surface area contributed by atoms with Gasteiger partial charge in [0.05, 0.1) is 11.0 Å². The number of aromatic nitrogens is 2. The molecule has 8 heteroatoms. The number of nitrogens with one attached hydrogen (secondary N) is 2. The number of benzene rings is 1. The zero-order valence-corrected chi connectivity index (χ0v) is 16.7. The van der Waals surface area contributed by atoms with E-state index in [1.807, 2.05) is 0 Å². The van der Waals surface area contributed by atoms with Crippen molar-refractivity contribution in [3.05, 3.63) is 45.3 Å². The number of halogens is 3. The maximum Gasteiger partial charge on any atom is 0.172 e. The number of nitrogens with zero attached hydrogens (tertiary/aromatic N) is 2. The van der Waals surface area contributed by atoms with E-state index in [1.165, 1.54) is 25.3 Å². The van der Waals surface area contributed by atoms with Crippen LogP contribution in [0.3, 0.4) is 0 Å². The predicted octanol–water partition coefficient (Wildman–Crippen LogP) is 5.11. The second-order valence-corrected chi connectivity index (χ2v) is 7.83. The molecule has 1 aliphatic rings. The van der Waals surface area contributed by atoms with Crippen molar-refractivity contribution in [1.82, 2.24) is 15.1 Å². The molecular weight excluding hydrogens is 427 g/mol. The predicted molar refractivity (Wildman–Crippen MR) is 107 cm³/mol. The standard InChI is InChI=1S/C17H19BrClFN4S/c18-13-10-24(9-12-14(19)7-4-8-15(12)20)23-16(13)22-17(25)21-11-5-2-1-3-6-11/h4,7-8,10-11H,1-3,5-6,9H2,(H2,21,22,23,25). The molecule has 1 heterocycles. The lowest BCUT2D eigenvalue weighted by molar-refractivity contribution is 0.414. The second-order valence-electron chi connectivity index (χ2n) is 6.16. The van der Waals surface area contributed by atoms with Gasteiger partial charge < -0.3 is 10.6 Å². The number of hydrogen-bond acceptors (Lipinski definition) is 2. The van der Waals surface area contributed by atoms with Gasteiger partial charge in [0, 0.05) is 22.8 Å². The van der Waals surface area contributed by atoms with E-state index in [2.05, 4.69) is 31.7 Å². The summed E-state index contributed by atoms with van der Waals surface area (Å²) in [6, 6.07) is 5.07. The summed E-state index contributed by atoms with van der Waals surface area (Å²) in [4.78, 5) is 0. The van der Waals surface area contributed by atoms with Gasteiger partial charge >= 0.3 is 0 Å². The number of anilines is 1. The molecule has 1 saturated carbocycles. The molecule has 3 rings (SSSR count). The maximum absolute atomic E-state index is 13.9. The first-order valence-corrected chi connectivity index (χ1v) is 9.84. The molecule has 2 N–H and O–H groups in total. The van der Waals surface area contributed by atoms with Crippen LogP contribution >= 0.6 is 39.7 Å². The average Bonchev–Trinajstić information content (AvgIpc) is 2.91. The van der Waals surface area contributed by atoms with Crippen molar-refractivity contribution in [2.24, 2.45) is 0 Å². The van der Waals surface area contributed by atoms with Gasteiger partial charge in [-0.15, -0.1) is 0 Å². The van der Waals surface area contributed by atoms with Crippen molar-refractivity contribution in [3.63, 3.8) is 0 Å². The normalized spacial score (nSPS) is 15.2. The molecule has 1 aromatic heterocycles. The van der Waals surface area contributed by atoms with E-state index in [-0.39, 0.29) is 12.4 Å². The number of hydrogen-bond donors (Lipinski definition) is 2. The van der Waals surface area contributed by atoms with Crippen LogP contribution in [-0.2, 0) is 6.54 Å².